The van der Waals surface area contributed by atoms with Gasteiger partial charge in [0, 0.05) is 20.2 Å². The Balaban J connectivity index is 1.54. The van der Waals surface area contributed by atoms with Gasteiger partial charge in [-0.25, -0.2) is 0 Å². The van der Waals surface area contributed by atoms with Crippen molar-refractivity contribution in [1.82, 2.24) is 10.2 Å². The molecule has 0 radical (unpaired) electrons. The first-order valence-corrected chi connectivity index (χ1v) is 7.82. The van der Waals surface area contributed by atoms with Gasteiger partial charge in [0.2, 0.25) is 0 Å². The molecule has 1 saturated heterocycles. The number of hydrogen-bond acceptors (Lipinski definition) is 3. The first-order valence-electron chi connectivity index (χ1n) is 7.82. The van der Waals surface area contributed by atoms with Gasteiger partial charge in [0.25, 0.3) is 0 Å². The Morgan fingerprint density at radius 3 is 2.78 bits per heavy atom. The molecule has 0 aromatic rings. The first-order chi connectivity index (χ1) is 8.90. The van der Waals surface area contributed by atoms with E-state index in [4.69, 9.17) is 4.74 Å². The Labute approximate surface area is 112 Å². The van der Waals surface area contributed by atoms with Crippen molar-refractivity contribution in [3.63, 3.8) is 0 Å². The number of rotatable bonds is 7. The van der Waals surface area contributed by atoms with Crippen LogP contribution in [-0.2, 0) is 4.74 Å². The van der Waals surface area contributed by atoms with Crippen LogP contribution in [0, 0.1) is 11.8 Å². The molecule has 0 aromatic carbocycles. The summed E-state index contributed by atoms with van der Waals surface area (Å²) >= 11 is 0. The second-order valence-electron chi connectivity index (χ2n) is 5.99. The van der Waals surface area contributed by atoms with Crippen molar-refractivity contribution in [3.05, 3.63) is 0 Å². The highest BCUT2D eigenvalue weighted by molar-refractivity contribution is 4.83. The second kappa shape index (κ2) is 8.13. The lowest BCUT2D eigenvalue weighted by Crippen LogP contribution is -2.42. The molecule has 2 atom stereocenters. The molecule has 106 valence electrons. The minimum Gasteiger partial charge on any atom is -0.383 e. The Bertz CT molecular complexity index is 223. The van der Waals surface area contributed by atoms with Gasteiger partial charge >= 0.3 is 0 Å². The molecular formula is C15H30N2O. The number of likely N-dealkylation sites (tertiary alicyclic amines) is 1. The zero-order valence-corrected chi connectivity index (χ0v) is 12.0. The van der Waals surface area contributed by atoms with Gasteiger partial charge in [-0.05, 0) is 50.7 Å². The van der Waals surface area contributed by atoms with Gasteiger partial charge in [-0.3, -0.25) is 0 Å². The molecular weight excluding hydrogens is 224 g/mol. The summed E-state index contributed by atoms with van der Waals surface area (Å²) in [5.74, 6) is 2.09. The van der Waals surface area contributed by atoms with Crippen LogP contribution in [0.15, 0.2) is 0 Å². The van der Waals surface area contributed by atoms with E-state index in [2.05, 4.69) is 10.2 Å². The van der Waals surface area contributed by atoms with Crippen molar-refractivity contribution < 1.29 is 4.74 Å². The minimum atomic E-state index is 0.827. The van der Waals surface area contributed by atoms with Crippen LogP contribution in [0.2, 0.25) is 0 Å². The molecule has 0 bridgehead atoms. The fourth-order valence-corrected chi connectivity index (χ4v) is 3.61. The zero-order valence-electron chi connectivity index (χ0n) is 12.0. The molecule has 2 unspecified atom stereocenters. The molecule has 2 rings (SSSR count). The SMILES string of the molecule is COCCNCCCN1CCC2CCCCC2C1. The number of methoxy groups -OCH3 is 1. The third-order valence-corrected chi connectivity index (χ3v) is 4.69. The number of ether oxygens (including phenoxy) is 1. The van der Waals surface area contributed by atoms with E-state index in [1.807, 2.05) is 0 Å². The van der Waals surface area contributed by atoms with E-state index in [0.29, 0.717) is 0 Å². The topological polar surface area (TPSA) is 24.5 Å². The van der Waals surface area contributed by atoms with Gasteiger partial charge < -0.3 is 15.0 Å². The van der Waals surface area contributed by atoms with Crippen LogP contribution in [0.25, 0.3) is 0 Å². The fraction of sp³-hybridized carbons (Fsp3) is 1.00. The van der Waals surface area contributed by atoms with Crippen molar-refractivity contribution in [1.29, 1.82) is 0 Å². The van der Waals surface area contributed by atoms with Crippen LogP contribution in [0.1, 0.15) is 38.5 Å². The Morgan fingerprint density at radius 1 is 1.11 bits per heavy atom. The molecule has 0 amide bonds. The van der Waals surface area contributed by atoms with Crippen molar-refractivity contribution >= 4 is 0 Å². The maximum atomic E-state index is 5.02. The van der Waals surface area contributed by atoms with Crippen LogP contribution in [0.3, 0.4) is 0 Å². The van der Waals surface area contributed by atoms with E-state index in [1.54, 1.807) is 7.11 Å². The summed E-state index contributed by atoms with van der Waals surface area (Å²) in [6.07, 6.45) is 8.71. The highest BCUT2D eigenvalue weighted by atomic mass is 16.5. The van der Waals surface area contributed by atoms with Gasteiger partial charge in [0.05, 0.1) is 6.61 Å². The lowest BCUT2D eigenvalue weighted by Gasteiger charge is -2.41. The minimum absolute atomic E-state index is 0.827. The number of nitrogens with one attached hydrogen (secondary N) is 1. The lowest BCUT2D eigenvalue weighted by atomic mass is 9.75. The summed E-state index contributed by atoms with van der Waals surface area (Å²) in [6, 6.07) is 0. The summed E-state index contributed by atoms with van der Waals surface area (Å²) in [5.41, 5.74) is 0. The van der Waals surface area contributed by atoms with Crippen molar-refractivity contribution in [3.8, 4) is 0 Å². The summed E-state index contributed by atoms with van der Waals surface area (Å²) in [4.78, 5) is 2.70. The average molecular weight is 254 g/mol. The monoisotopic (exact) mass is 254 g/mol. The summed E-state index contributed by atoms with van der Waals surface area (Å²) < 4.78 is 5.02. The molecule has 1 saturated carbocycles. The number of nitrogens with zero attached hydrogens (tertiary/aromatic N) is 1. The Morgan fingerprint density at radius 2 is 1.94 bits per heavy atom. The van der Waals surface area contributed by atoms with Crippen LogP contribution in [-0.4, -0.2) is 51.3 Å². The smallest absolute Gasteiger partial charge is 0.0587 e. The zero-order chi connectivity index (χ0) is 12.6. The van der Waals surface area contributed by atoms with Gasteiger partial charge in [-0.1, -0.05) is 19.3 Å². The van der Waals surface area contributed by atoms with Crippen LogP contribution in [0.4, 0.5) is 0 Å². The molecule has 2 fully saturated rings. The molecule has 3 nitrogen and oxygen atoms in total. The molecule has 1 aliphatic heterocycles. The molecule has 3 heteroatoms. The largest absolute Gasteiger partial charge is 0.383 e. The lowest BCUT2D eigenvalue weighted by molar-refractivity contribution is 0.0860. The quantitative estimate of drug-likeness (QED) is 0.704. The fourth-order valence-electron chi connectivity index (χ4n) is 3.61. The number of fused-ring (bicyclic) bond motifs is 1. The predicted molar refractivity (Wildman–Crippen MR) is 75.9 cm³/mol. The van der Waals surface area contributed by atoms with Gasteiger partial charge in [0.15, 0.2) is 0 Å². The summed E-state index contributed by atoms with van der Waals surface area (Å²) in [7, 11) is 1.76. The van der Waals surface area contributed by atoms with Crippen molar-refractivity contribution in [2.75, 3.05) is 46.4 Å². The van der Waals surface area contributed by atoms with E-state index in [1.165, 1.54) is 58.2 Å². The van der Waals surface area contributed by atoms with Crippen LogP contribution >= 0.6 is 0 Å². The number of hydrogen-bond donors (Lipinski definition) is 1. The van der Waals surface area contributed by atoms with Crippen molar-refractivity contribution in [2.24, 2.45) is 11.8 Å². The summed E-state index contributed by atoms with van der Waals surface area (Å²) in [5, 5.41) is 3.43. The van der Waals surface area contributed by atoms with Crippen molar-refractivity contribution in [2.45, 2.75) is 38.5 Å². The van der Waals surface area contributed by atoms with E-state index in [-0.39, 0.29) is 0 Å². The third kappa shape index (κ3) is 4.52. The maximum absolute atomic E-state index is 5.02. The molecule has 0 aromatic heterocycles. The Hall–Kier alpha value is -0.120. The summed E-state index contributed by atoms with van der Waals surface area (Å²) in [6.45, 7) is 6.95. The second-order valence-corrected chi connectivity index (χ2v) is 5.99. The van der Waals surface area contributed by atoms with Crippen LogP contribution in [0.5, 0.6) is 0 Å². The van der Waals surface area contributed by atoms with E-state index >= 15 is 0 Å². The van der Waals surface area contributed by atoms with E-state index in [9.17, 15) is 0 Å². The van der Waals surface area contributed by atoms with Crippen LogP contribution < -0.4 is 5.32 Å². The van der Waals surface area contributed by atoms with Gasteiger partial charge in [-0.15, -0.1) is 0 Å². The molecule has 0 spiro atoms. The molecule has 2 aliphatic rings. The van der Waals surface area contributed by atoms with E-state index < -0.39 is 0 Å². The highest BCUT2D eigenvalue weighted by Crippen LogP contribution is 2.35. The third-order valence-electron chi connectivity index (χ3n) is 4.69. The molecule has 1 aliphatic carbocycles. The number of piperidine rings is 1. The van der Waals surface area contributed by atoms with E-state index in [0.717, 1.165) is 31.5 Å². The molecule has 18 heavy (non-hydrogen) atoms. The maximum Gasteiger partial charge on any atom is 0.0587 e. The highest BCUT2D eigenvalue weighted by Gasteiger charge is 2.30. The predicted octanol–water partition coefficient (Wildman–Crippen LogP) is 2.12. The standard InChI is InChI=1S/C15H30N2O/c1-18-12-9-16-8-4-10-17-11-7-14-5-2-3-6-15(14)13-17/h14-16H,2-13H2,1H3. The molecule has 1 N–H and O–H groups in total. The average Bonchev–Trinajstić information content (AvgIpc) is 2.42. The normalized spacial score (nSPS) is 29.2. The first kappa shape index (κ1) is 14.3. The molecule has 1 heterocycles. The van der Waals surface area contributed by atoms with Gasteiger partial charge in [0.1, 0.15) is 0 Å². The van der Waals surface area contributed by atoms with Gasteiger partial charge in [-0.2, -0.15) is 0 Å². The Kier molecular flexibility index (Phi) is 6.46.